The fourth-order valence-electron chi connectivity index (χ4n) is 1.93. The molecule has 0 saturated heterocycles. The number of H-pyrrole nitrogens is 1. The van der Waals surface area contributed by atoms with Gasteiger partial charge < -0.3 is 9.55 Å². The predicted molar refractivity (Wildman–Crippen MR) is 78.2 cm³/mol. The monoisotopic (exact) mass is 360 g/mol. The van der Waals surface area contributed by atoms with Crippen LogP contribution in [0.1, 0.15) is 4.88 Å². The van der Waals surface area contributed by atoms with E-state index in [1.807, 2.05) is 11.4 Å². The third-order valence-corrected chi connectivity index (χ3v) is 4.74. The molecule has 7 heteroatoms. The molecule has 0 atom stereocenters. The highest BCUT2D eigenvalue weighted by Crippen LogP contribution is 2.24. The van der Waals surface area contributed by atoms with Crippen LogP contribution in [0, 0.1) is 16.4 Å². The highest BCUT2D eigenvalue weighted by Gasteiger charge is 2.11. The summed E-state index contributed by atoms with van der Waals surface area (Å²) < 4.78 is 30.0. The molecule has 0 aliphatic carbocycles. The zero-order valence-electron chi connectivity index (χ0n) is 9.41. The number of thiophene rings is 1. The Hall–Kier alpha value is -1.05. The SMILES string of the molecule is Fc1cc(F)c2[nH]c(=S)n(Cc3cc(Br)cs3)c2c1. The average molecular weight is 361 g/mol. The van der Waals surface area contributed by atoms with Gasteiger partial charge in [0.1, 0.15) is 11.3 Å². The number of rotatable bonds is 2. The van der Waals surface area contributed by atoms with Crippen LogP contribution < -0.4 is 0 Å². The molecule has 0 aliphatic heterocycles. The fourth-order valence-corrected chi connectivity index (χ4v) is 3.63. The smallest absolute Gasteiger partial charge is 0.178 e. The number of halogens is 3. The first-order chi connectivity index (χ1) is 9.04. The van der Waals surface area contributed by atoms with Crippen molar-refractivity contribution < 1.29 is 8.78 Å². The highest BCUT2D eigenvalue weighted by atomic mass is 79.9. The maximum absolute atomic E-state index is 13.6. The Morgan fingerprint density at radius 2 is 2.11 bits per heavy atom. The Morgan fingerprint density at radius 1 is 1.32 bits per heavy atom. The Kier molecular flexibility index (Phi) is 3.28. The van der Waals surface area contributed by atoms with E-state index in [1.54, 1.807) is 15.9 Å². The summed E-state index contributed by atoms with van der Waals surface area (Å²) in [5, 5.41) is 1.95. The summed E-state index contributed by atoms with van der Waals surface area (Å²) in [6, 6.07) is 4.09. The molecule has 0 saturated carbocycles. The Morgan fingerprint density at radius 3 is 2.79 bits per heavy atom. The van der Waals surface area contributed by atoms with Gasteiger partial charge in [0.05, 0.1) is 12.1 Å². The van der Waals surface area contributed by atoms with Crippen molar-refractivity contribution in [2.24, 2.45) is 0 Å². The molecule has 1 aromatic carbocycles. The number of hydrogen-bond acceptors (Lipinski definition) is 2. The van der Waals surface area contributed by atoms with E-state index in [2.05, 4.69) is 20.9 Å². The first-order valence-electron chi connectivity index (χ1n) is 5.35. The summed E-state index contributed by atoms with van der Waals surface area (Å²) in [6.45, 7) is 0.484. The second-order valence-corrected chi connectivity index (χ2v) is 6.33. The molecule has 0 bridgehead atoms. The minimum absolute atomic E-state index is 0.238. The molecular weight excluding hydrogens is 354 g/mol. The van der Waals surface area contributed by atoms with Gasteiger partial charge in [-0.15, -0.1) is 11.3 Å². The molecule has 0 spiro atoms. The van der Waals surface area contributed by atoms with E-state index >= 15 is 0 Å². The molecule has 19 heavy (non-hydrogen) atoms. The third kappa shape index (κ3) is 2.37. The second-order valence-electron chi connectivity index (χ2n) is 4.03. The van der Waals surface area contributed by atoms with E-state index < -0.39 is 11.6 Å². The van der Waals surface area contributed by atoms with Crippen molar-refractivity contribution in [2.45, 2.75) is 6.54 Å². The minimum atomic E-state index is -0.632. The number of aromatic amines is 1. The summed E-state index contributed by atoms with van der Waals surface area (Å²) in [5.74, 6) is -1.24. The Bertz CT molecular complexity index is 819. The zero-order chi connectivity index (χ0) is 13.6. The molecule has 0 unspecified atom stereocenters. The second kappa shape index (κ2) is 4.81. The Labute approximate surface area is 124 Å². The normalized spacial score (nSPS) is 11.3. The molecule has 2 heterocycles. The number of imidazole rings is 1. The summed E-state index contributed by atoms with van der Waals surface area (Å²) in [6.07, 6.45) is 0. The number of aromatic nitrogens is 2. The van der Waals surface area contributed by atoms with Crippen molar-refractivity contribution in [1.82, 2.24) is 9.55 Å². The van der Waals surface area contributed by atoms with E-state index in [9.17, 15) is 8.78 Å². The predicted octanol–water partition coefficient (Wildman–Crippen LogP) is 4.85. The van der Waals surface area contributed by atoms with E-state index in [0.29, 0.717) is 16.8 Å². The lowest BCUT2D eigenvalue weighted by Crippen LogP contribution is -1.98. The molecule has 98 valence electrons. The molecule has 2 nitrogen and oxygen atoms in total. The van der Waals surface area contributed by atoms with Crippen LogP contribution in [-0.4, -0.2) is 9.55 Å². The van der Waals surface area contributed by atoms with Gasteiger partial charge in [-0.2, -0.15) is 0 Å². The van der Waals surface area contributed by atoms with Gasteiger partial charge >= 0.3 is 0 Å². The van der Waals surface area contributed by atoms with Crippen LogP contribution >= 0.6 is 39.5 Å². The van der Waals surface area contributed by atoms with Gasteiger partial charge in [-0.1, -0.05) is 0 Å². The minimum Gasteiger partial charge on any atom is -0.328 e. The zero-order valence-corrected chi connectivity index (χ0v) is 12.6. The van der Waals surface area contributed by atoms with E-state index in [4.69, 9.17) is 12.2 Å². The first kappa shape index (κ1) is 13.0. The maximum Gasteiger partial charge on any atom is 0.178 e. The Balaban J connectivity index is 2.18. The van der Waals surface area contributed by atoms with Crippen LogP contribution in [0.3, 0.4) is 0 Å². The van der Waals surface area contributed by atoms with Gasteiger partial charge in [0.15, 0.2) is 10.6 Å². The number of benzene rings is 1. The quantitative estimate of drug-likeness (QED) is 0.647. The summed E-state index contributed by atoms with van der Waals surface area (Å²) in [4.78, 5) is 3.83. The van der Waals surface area contributed by atoms with Crippen molar-refractivity contribution in [1.29, 1.82) is 0 Å². The lowest BCUT2D eigenvalue weighted by Gasteiger charge is -2.02. The molecule has 0 aliphatic rings. The van der Waals surface area contributed by atoms with E-state index in [-0.39, 0.29) is 5.52 Å². The van der Waals surface area contributed by atoms with E-state index in [0.717, 1.165) is 15.4 Å². The van der Waals surface area contributed by atoms with Crippen LogP contribution in [0.2, 0.25) is 0 Å². The van der Waals surface area contributed by atoms with Gasteiger partial charge in [0.25, 0.3) is 0 Å². The number of nitrogens with one attached hydrogen (secondary N) is 1. The molecule has 1 N–H and O–H groups in total. The van der Waals surface area contributed by atoms with Gasteiger partial charge in [0.2, 0.25) is 0 Å². The van der Waals surface area contributed by atoms with Crippen molar-refractivity contribution in [3.8, 4) is 0 Å². The van der Waals surface area contributed by atoms with Crippen molar-refractivity contribution >= 4 is 50.5 Å². The van der Waals surface area contributed by atoms with Gasteiger partial charge in [-0.05, 0) is 40.3 Å². The number of nitrogens with zero attached hydrogens (tertiary/aromatic N) is 1. The third-order valence-electron chi connectivity index (χ3n) is 2.74. The van der Waals surface area contributed by atoms with Crippen LogP contribution in [0.5, 0.6) is 0 Å². The van der Waals surface area contributed by atoms with Gasteiger partial charge in [0, 0.05) is 20.8 Å². The van der Waals surface area contributed by atoms with Gasteiger partial charge in [-0.25, -0.2) is 8.78 Å². The summed E-state index contributed by atoms with van der Waals surface area (Å²) in [7, 11) is 0. The standard InChI is InChI=1S/C12H7BrF2N2S2/c13-6-1-8(19-5-6)4-17-10-3-7(14)2-9(15)11(10)16-12(17)18/h1-3,5H,4H2,(H,16,18). The van der Waals surface area contributed by atoms with Crippen molar-refractivity contribution in [2.75, 3.05) is 0 Å². The average Bonchev–Trinajstić information content (AvgIpc) is 2.87. The van der Waals surface area contributed by atoms with Crippen molar-refractivity contribution in [3.63, 3.8) is 0 Å². The molecule has 0 amide bonds. The summed E-state index contributed by atoms with van der Waals surface area (Å²) in [5.41, 5.74) is 0.675. The van der Waals surface area contributed by atoms with E-state index in [1.165, 1.54) is 6.07 Å². The molecule has 3 aromatic rings. The fraction of sp³-hybridized carbons (Fsp3) is 0.0833. The lowest BCUT2D eigenvalue weighted by atomic mass is 10.3. The number of fused-ring (bicyclic) bond motifs is 1. The molecule has 0 radical (unpaired) electrons. The molecule has 0 fully saturated rings. The van der Waals surface area contributed by atoms with Crippen LogP contribution in [-0.2, 0) is 6.54 Å². The maximum atomic E-state index is 13.6. The van der Waals surface area contributed by atoms with Gasteiger partial charge in [-0.3, -0.25) is 0 Å². The topological polar surface area (TPSA) is 20.7 Å². The molecule has 3 rings (SSSR count). The van der Waals surface area contributed by atoms with Crippen LogP contribution in [0.4, 0.5) is 8.78 Å². The number of hydrogen-bond donors (Lipinski definition) is 1. The highest BCUT2D eigenvalue weighted by molar-refractivity contribution is 9.10. The first-order valence-corrected chi connectivity index (χ1v) is 7.43. The lowest BCUT2D eigenvalue weighted by molar-refractivity contribution is 0.590. The van der Waals surface area contributed by atoms with Crippen LogP contribution in [0.25, 0.3) is 11.0 Å². The van der Waals surface area contributed by atoms with Crippen molar-refractivity contribution in [3.05, 3.63) is 49.3 Å². The summed E-state index contributed by atoms with van der Waals surface area (Å²) >= 11 is 10.1. The molecular formula is C12H7BrF2N2S2. The molecule has 2 aromatic heterocycles. The van der Waals surface area contributed by atoms with Crippen LogP contribution in [0.15, 0.2) is 28.1 Å². The largest absolute Gasteiger partial charge is 0.328 e.